The zero-order chi connectivity index (χ0) is 24.8. The Kier molecular flexibility index (Phi) is 18.7. The standard InChI is InChI=1S/C22H36O9S.K.H/c1-6-7-12-22(15-30-19(23)17(2)3,16-31-20(24)18(4)5)21(25)29-13-10-8-9-11-14-32(26,27)28;;/h2,4,6-16H2,1,3,5H3,(H,26,27,28);;. The number of unbranched alkanes of at least 4 members (excludes halogenated alkanes) is 4. The van der Waals surface area contributed by atoms with Crippen molar-refractivity contribution >= 4 is 79.4 Å². The van der Waals surface area contributed by atoms with Gasteiger partial charge in [-0.2, -0.15) is 8.42 Å². The van der Waals surface area contributed by atoms with E-state index >= 15 is 0 Å². The predicted molar refractivity (Wildman–Crippen MR) is 126 cm³/mol. The van der Waals surface area contributed by atoms with E-state index in [4.69, 9.17) is 18.8 Å². The van der Waals surface area contributed by atoms with Gasteiger partial charge in [0.1, 0.15) is 18.6 Å². The van der Waals surface area contributed by atoms with Crippen LogP contribution in [0, 0.1) is 5.41 Å². The number of rotatable bonds is 17. The fourth-order valence-electron chi connectivity index (χ4n) is 2.63. The summed E-state index contributed by atoms with van der Waals surface area (Å²) in [5, 5.41) is 0. The maximum atomic E-state index is 13.0. The number of carbonyl (C=O) groups is 3. The zero-order valence-electron chi connectivity index (χ0n) is 19.3. The van der Waals surface area contributed by atoms with E-state index in [9.17, 15) is 22.8 Å². The van der Waals surface area contributed by atoms with E-state index in [1.807, 2.05) is 6.92 Å². The molecule has 11 heteroatoms. The molecule has 0 saturated heterocycles. The molecule has 0 aromatic heterocycles. The van der Waals surface area contributed by atoms with E-state index in [-0.39, 0.29) is 94.5 Å². The van der Waals surface area contributed by atoms with Gasteiger partial charge in [0.05, 0.1) is 12.4 Å². The Labute approximate surface area is 239 Å². The van der Waals surface area contributed by atoms with Crippen molar-refractivity contribution in [3.63, 3.8) is 0 Å². The van der Waals surface area contributed by atoms with Gasteiger partial charge in [-0.05, 0) is 33.1 Å². The molecule has 0 fully saturated rings. The van der Waals surface area contributed by atoms with E-state index < -0.39 is 33.4 Å². The van der Waals surface area contributed by atoms with Crippen LogP contribution in [0.5, 0.6) is 0 Å². The molecule has 0 aromatic rings. The maximum absolute atomic E-state index is 13.0. The molecule has 0 aliphatic heterocycles. The van der Waals surface area contributed by atoms with Gasteiger partial charge in [-0.25, -0.2) is 9.59 Å². The van der Waals surface area contributed by atoms with Crippen LogP contribution in [0.25, 0.3) is 0 Å². The van der Waals surface area contributed by atoms with Crippen LogP contribution in [0.3, 0.4) is 0 Å². The van der Waals surface area contributed by atoms with Crippen LogP contribution in [-0.4, -0.2) is 108 Å². The minimum absolute atomic E-state index is 0. The summed E-state index contributed by atoms with van der Waals surface area (Å²) in [6.07, 6.45) is 3.58. The summed E-state index contributed by atoms with van der Waals surface area (Å²) in [5.41, 5.74) is -1.02. The third kappa shape index (κ3) is 15.9. The first-order valence-electron chi connectivity index (χ1n) is 10.6. The molecule has 33 heavy (non-hydrogen) atoms. The van der Waals surface area contributed by atoms with Gasteiger partial charge in [0.25, 0.3) is 10.1 Å². The van der Waals surface area contributed by atoms with Crippen LogP contribution in [-0.2, 0) is 38.7 Å². The average Bonchev–Trinajstić information content (AvgIpc) is 2.70. The summed E-state index contributed by atoms with van der Waals surface area (Å²) >= 11 is 0. The van der Waals surface area contributed by atoms with Crippen molar-refractivity contribution in [1.29, 1.82) is 0 Å². The minimum atomic E-state index is -3.98. The molecule has 186 valence electrons. The molecule has 1 N–H and O–H groups in total. The van der Waals surface area contributed by atoms with Gasteiger partial charge in [0.15, 0.2) is 0 Å². The Morgan fingerprint density at radius 3 is 1.76 bits per heavy atom. The van der Waals surface area contributed by atoms with E-state index in [1.165, 1.54) is 13.8 Å². The molecular weight excluding hydrogens is 479 g/mol. The normalized spacial score (nSPS) is 11.2. The molecule has 0 aliphatic rings. The first kappa shape index (κ1) is 34.6. The van der Waals surface area contributed by atoms with E-state index in [2.05, 4.69) is 13.2 Å². The van der Waals surface area contributed by atoms with Gasteiger partial charge >= 0.3 is 69.3 Å². The van der Waals surface area contributed by atoms with Gasteiger partial charge in [0.2, 0.25) is 0 Å². The molecule has 0 saturated carbocycles. The van der Waals surface area contributed by atoms with Crippen molar-refractivity contribution in [3.8, 4) is 0 Å². The van der Waals surface area contributed by atoms with Crippen molar-refractivity contribution in [2.24, 2.45) is 5.41 Å². The Hall–Kier alpha value is -0.564. The molecular formula is C22H37KO9S. The zero-order valence-corrected chi connectivity index (χ0v) is 20.1. The first-order chi connectivity index (χ1) is 14.8. The fraction of sp³-hybridized carbons (Fsp3) is 0.682. The molecule has 0 unspecified atom stereocenters. The van der Waals surface area contributed by atoms with Crippen LogP contribution >= 0.6 is 0 Å². The molecule has 9 nitrogen and oxygen atoms in total. The molecule has 0 aromatic carbocycles. The van der Waals surface area contributed by atoms with E-state index in [0.717, 1.165) is 6.42 Å². The predicted octanol–water partition coefficient (Wildman–Crippen LogP) is 2.74. The van der Waals surface area contributed by atoms with Gasteiger partial charge in [-0.3, -0.25) is 9.35 Å². The summed E-state index contributed by atoms with van der Waals surface area (Å²) in [4.78, 5) is 36.8. The Morgan fingerprint density at radius 1 is 0.848 bits per heavy atom. The molecule has 0 spiro atoms. The van der Waals surface area contributed by atoms with Crippen LogP contribution < -0.4 is 0 Å². The molecule has 0 bridgehead atoms. The Morgan fingerprint density at radius 2 is 1.33 bits per heavy atom. The Balaban J connectivity index is 0. The van der Waals surface area contributed by atoms with Crippen LogP contribution in [0.4, 0.5) is 0 Å². The summed E-state index contributed by atoms with van der Waals surface area (Å²) in [7, 11) is -3.98. The number of ether oxygens (including phenoxy) is 3. The summed E-state index contributed by atoms with van der Waals surface area (Å²) in [6.45, 7) is 11.4. The van der Waals surface area contributed by atoms with Gasteiger partial charge in [0, 0.05) is 11.1 Å². The SMILES string of the molecule is C=C(C)C(=O)OCC(CCCC)(COC(=O)C(=C)C)C(=O)OCCCCCCS(=O)(=O)O.[KH]. The van der Waals surface area contributed by atoms with Crippen molar-refractivity contribution in [2.45, 2.75) is 65.7 Å². The average molecular weight is 517 g/mol. The van der Waals surface area contributed by atoms with Crippen molar-refractivity contribution < 1.29 is 41.6 Å². The van der Waals surface area contributed by atoms with Gasteiger partial charge in [-0.15, -0.1) is 0 Å². The van der Waals surface area contributed by atoms with Crippen molar-refractivity contribution in [2.75, 3.05) is 25.6 Å². The molecule has 0 heterocycles. The summed E-state index contributed by atoms with van der Waals surface area (Å²) in [5.74, 6) is -2.28. The molecule has 0 atom stereocenters. The second kappa shape index (κ2) is 17.8. The third-order valence-electron chi connectivity index (χ3n) is 4.63. The number of esters is 3. The topological polar surface area (TPSA) is 133 Å². The van der Waals surface area contributed by atoms with Crippen LogP contribution in [0.1, 0.15) is 65.7 Å². The first-order valence-corrected chi connectivity index (χ1v) is 12.2. The number of hydrogen-bond acceptors (Lipinski definition) is 8. The van der Waals surface area contributed by atoms with Crippen molar-refractivity contribution in [3.05, 3.63) is 24.3 Å². The second-order valence-electron chi connectivity index (χ2n) is 7.93. The summed E-state index contributed by atoms with van der Waals surface area (Å²) < 4.78 is 46.0. The molecule has 0 amide bonds. The summed E-state index contributed by atoms with van der Waals surface area (Å²) in [6, 6.07) is 0. The third-order valence-corrected chi connectivity index (χ3v) is 5.43. The number of hydrogen-bond donors (Lipinski definition) is 1. The number of carbonyl (C=O) groups excluding carboxylic acids is 3. The fourth-order valence-corrected chi connectivity index (χ4v) is 3.20. The molecule has 0 radical (unpaired) electrons. The van der Waals surface area contributed by atoms with E-state index in [1.54, 1.807) is 0 Å². The van der Waals surface area contributed by atoms with E-state index in [0.29, 0.717) is 32.1 Å². The van der Waals surface area contributed by atoms with Crippen LogP contribution in [0.2, 0.25) is 0 Å². The van der Waals surface area contributed by atoms with Gasteiger partial charge in [-0.1, -0.05) is 45.8 Å². The van der Waals surface area contributed by atoms with Crippen LogP contribution in [0.15, 0.2) is 24.3 Å². The van der Waals surface area contributed by atoms with Crippen molar-refractivity contribution in [1.82, 2.24) is 0 Å². The molecule has 0 rings (SSSR count). The second-order valence-corrected chi connectivity index (χ2v) is 9.51. The molecule has 0 aliphatic carbocycles. The Bertz CT molecular complexity index is 745. The van der Waals surface area contributed by atoms with Gasteiger partial charge < -0.3 is 14.2 Å². The monoisotopic (exact) mass is 516 g/mol. The quantitative estimate of drug-likeness (QED) is 0.0773.